The van der Waals surface area contributed by atoms with Crippen molar-refractivity contribution in [1.29, 1.82) is 5.26 Å². The van der Waals surface area contributed by atoms with Gasteiger partial charge >= 0.3 is 0 Å². The fourth-order valence-electron chi connectivity index (χ4n) is 0.632. The second-order valence-electron chi connectivity index (χ2n) is 2.22. The molecule has 0 aliphatic carbocycles. The molecule has 0 spiro atoms. The van der Waals surface area contributed by atoms with Crippen molar-refractivity contribution in [2.45, 2.75) is 6.92 Å². The maximum atomic E-state index is 8.21. The lowest BCUT2D eigenvalue weighted by atomic mass is 10.4. The molecule has 0 aliphatic heterocycles. The topological polar surface area (TPSA) is 86.6 Å². The molecular weight excluding hydrogens is 202 g/mol. The fraction of sp³-hybridized carbons (Fsp3) is 0.125. The van der Waals surface area contributed by atoms with Crippen LogP contribution in [0.15, 0.2) is 33.0 Å². The third-order valence-corrected chi connectivity index (χ3v) is 1.25. The predicted molar refractivity (Wildman–Crippen MR) is 57.6 cm³/mol. The highest BCUT2D eigenvalue weighted by Crippen LogP contribution is 2.07. The molecular formula is C8H10ClN5. The van der Waals surface area contributed by atoms with Crippen LogP contribution in [0.4, 0.5) is 0 Å². The summed E-state index contributed by atoms with van der Waals surface area (Å²) in [6, 6.07) is 0. The Bertz CT molecular complexity index is 334. The summed E-state index contributed by atoms with van der Waals surface area (Å²) in [4.78, 5) is 7.29. The van der Waals surface area contributed by atoms with E-state index in [-0.39, 0.29) is 5.96 Å². The largest absolute Gasteiger partial charge is 0.369 e. The van der Waals surface area contributed by atoms with E-state index >= 15 is 0 Å². The molecule has 0 heterocycles. The third-order valence-electron chi connectivity index (χ3n) is 1.04. The van der Waals surface area contributed by atoms with Gasteiger partial charge in [-0.1, -0.05) is 11.6 Å². The van der Waals surface area contributed by atoms with Crippen LogP contribution in [0.5, 0.6) is 0 Å². The minimum atomic E-state index is 0.0114. The Hall–Kier alpha value is -1.80. The molecule has 5 nitrogen and oxygen atoms in total. The van der Waals surface area contributed by atoms with Crippen molar-refractivity contribution >= 4 is 24.3 Å². The van der Waals surface area contributed by atoms with Crippen LogP contribution in [0.25, 0.3) is 0 Å². The number of nitrogens with one attached hydrogen (secondary N) is 1. The molecule has 3 N–H and O–H groups in total. The van der Waals surface area contributed by atoms with Crippen LogP contribution in [0.3, 0.4) is 0 Å². The van der Waals surface area contributed by atoms with Crippen molar-refractivity contribution in [3.05, 3.63) is 23.0 Å². The molecule has 0 saturated heterocycles. The molecule has 6 heteroatoms. The van der Waals surface area contributed by atoms with Crippen molar-refractivity contribution < 1.29 is 0 Å². The molecule has 0 bridgehead atoms. The van der Waals surface area contributed by atoms with E-state index in [0.29, 0.717) is 10.7 Å². The zero-order chi connectivity index (χ0) is 11.0. The second kappa shape index (κ2) is 6.69. The van der Waals surface area contributed by atoms with Crippen molar-refractivity contribution in [2.75, 3.05) is 0 Å². The van der Waals surface area contributed by atoms with Crippen molar-refractivity contribution in [3.63, 3.8) is 0 Å². The summed E-state index contributed by atoms with van der Waals surface area (Å²) in [6.07, 6.45) is 4.56. The van der Waals surface area contributed by atoms with Crippen LogP contribution in [0.1, 0.15) is 6.92 Å². The SMILES string of the molecule is C=N/C=C(Cl)\C=C(/C)N=C(N)NC#N. The van der Waals surface area contributed by atoms with Gasteiger partial charge in [-0.3, -0.25) is 10.3 Å². The van der Waals surface area contributed by atoms with E-state index in [0.717, 1.165) is 0 Å². The van der Waals surface area contributed by atoms with Gasteiger partial charge in [0.15, 0.2) is 6.19 Å². The first-order valence-electron chi connectivity index (χ1n) is 3.59. The number of rotatable bonds is 3. The Labute approximate surface area is 87.3 Å². The lowest BCUT2D eigenvalue weighted by Gasteiger charge is -1.95. The van der Waals surface area contributed by atoms with Crippen LogP contribution in [-0.4, -0.2) is 12.7 Å². The van der Waals surface area contributed by atoms with Crippen LogP contribution >= 0.6 is 11.6 Å². The van der Waals surface area contributed by atoms with Crippen LogP contribution < -0.4 is 11.1 Å². The van der Waals surface area contributed by atoms with E-state index in [4.69, 9.17) is 22.6 Å². The number of halogens is 1. The predicted octanol–water partition coefficient (Wildman–Crippen LogP) is 1.06. The summed E-state index contributed by atoms with van der Waals surface area (Å²) >= 11 is 5.69. The van der Waals surface area contributed by atoms with E-state index in [9.17, 15) is 0 Å². The quantitative estimate of drug-likeness (QED) is 0.241. The van der Waals surface area contributed by atoms with Gasteiger partial charge in [-0.15, -0.1) is 0 Å². The summed E-state index contributed by atoms with van der Waals surface area (Å²) in [5.74, 6) is 0.0114. The van der Waals surface area contributed by atoms with Gasteiger partial charge < -0.3 is 5.73 Å². The highest BCUT2D eigenvalue weighted by Gasteiger charge is 1.91. The molecule has 0 atom stereocenters. The van der Waals surface area contributed by atoms with Gasteiger partial charge in [-0.2, -0.15) is 5.26 Å². The van der Waals surface area contributed by atoms with Crippen LogP contribution in [0.2, 0.25) is 0 Å². The zero-order valence-corrected chi connectivity index (χ0v) is 8.41. The minimum absolute atomic E-state index is 0.0114. The highest BCUT2D eigenvalue weighted by atomic mass is 35.5. The number of nitriles is 1. The Balaban J connectivity index is 4.56. The Morgan fingerprint density at radius 3 is 2.86 bits per heavy atom. The summed E-state index contributed by atoms with van der Waals surface area (Å²) in [7, 11) is 0. The number of guanidine groups is 1. The highest BCUT2D eigenvalue weighted by molar-refractivity contribution is 6.31. The molecule has 0 amide bonds. The van der Waals surface area contributed by atoms with Crippen molar-refractivity contribution in [1.82, 2.24) is 5.32 Å². The number of nitrogens with zero attached hydrogens (tertiary/aromatic N) is 3. The molecule has 0 aliphatic rings. The van der Waals surface area contributed by atoms with Gasteiger partial charge in [0.05, 0.1) is 5.03 Å². The summed E-state index contributed by atoms with van der Waals surface area (Å²) in [5, 5.41) is 10.8. The van der Waals surface area contributed by atoms with Gasteiger partial charge in [0.25, 0.3) is 0 Å². The average Bonchev–Trinajstić information content (AvgIpc) is 2.03. The molecule has 0 unspecified atom stereocenters. The third kappa shape index (κ3) is 5.80. The first-order valence-corrected chi connectivity index (χ1v) is 3.97. The van der Waals surface area contributed by atoms with Gasteiger partial charge in [-0.05, 0) is 19.7 Å². The molecule has 0 fully saturated rings. The molecule has 0 aromatic carbocycles. The molecule has 0 radical (unpaired) electrons. The Morgan fingerprint density at radius 1 is 1.71 bits per heavy atom. The molecule has 74 valence electrons. The first kappa shape index (κ1) is 12.2. The van der Waals surface area contributed by atoms with Crippen molar-refractivity contribution in [2.24, 2.45) is 15.7 Å². The van der Waals surface area contributed by atoms with Crippen LogP contribution in [-0.2, 0) is 0 Å². The summed E-state index contributed by atoms with van der Waals surface area (Å²) < 4.78 is 0. The molecule has 0 aromatic heterocycles. The maximum absolute atomic E-state index is 8.21. The summed E-state index contributed by atoms with van der Waals surface area (Å²) in [6.45, 7) is 4.93. The lowest BCUT2D eigenvalue weighted by Crippen LogP contribution is -2.27. The van der Waals surface area contributed by atoms with Crippen molar-refractivity contribution in [3.8, 4) is 6.19 Å². The maximum Gasteiger partial charge on any atom is 0.206 e. The lowest BCUT2D eigenvalue weighted by molar-refractivity contribution is 1.17. The average molecular weight is 212 g/mol. The minimum Gasteiger partial charge on any atom is -0.369 e. The number of hydrogen-bond donors (Lipinski definition) is 2. The molecule has 0 rings (SSSR count). The second-order valence-corrected chi connectivity index (χ2v) is 2.65. The first-order chi connectivity index (χ1) is 6.60. The van der Waals surface area contributed by atoms with E-state index < -0.39 is 0 Å². The van der Waals surface area contributed by atoms with Gasteiger partial charge in [0.1, 0.15) is 0 Å². The van der Waals surface area contributed by atoms with Gasteiger partial charge in [0, 0.05) is 11.9 Å². The smallest absolute Gasteiger partial charge is 0.206 e. The molecule has 14 heavy (non-hydrogen) atoms. The Morgan fingerprint density at radius 2 is 2.36 bits per heavy atom. The number of aliphatic imine (C=N–C) groups is 2. The van der Waals surface area contributed by atoms with E-state index in [2.05, 4.69) is 22.0 Å². The number of allylic oxidation sites excluding steroid dienone is 3. The number of hydrogen-bond acceptors (Lipinski definition) is 3. The monoisotopic (exact) mass is 211 g/mol. The summed E-state index contributed by atoms with van der Waals surface area (Å²) in [5.41, 5.74) is 5.86. The zero-order valence-electron chi connectivity index (χ0n) is 7.66. The normalized spacial score (nSPS) is 13.4. The standard InChI is InChI=1S/C8H10ClN5/c1-6(3-7(9)4-12-2)14-8(11)13-5-10/h3-4H,2H2,1H3,(H3,11,13,14)/b6-3+,7-4+. The number of nitrogens with two attached hydrogens (primary N) is 1. The fourth-order valence-corrected chi connectivity index (χ4v) is 0.858. The molecule has 0 aromatic rings. The van der Waals surface area contributed by atoms with Gasteiger partial charge in [-0.25, -0.2) is 4.99 Å². The van der Waals surface area contributed by atoms with E-state index in [1.807, 2.05) is 0 Å². The van der Waals surface area contributed by atoms with Crippen LogP contribution in [0, 0.1) is 11.5 Å². The Kier molecular flexibility index (Phi) is 5.83. The van der Waals surface area contributed by atoms with Gasteiger partial charge in [0.2, 0.25) is 5.96 Å². The molecule has 0 saturated carbocycles. The van der Waals surface area contributed by atoms with E-state index in [1.54, 1.807) is 19.2 Å². The van der Waals surface area contributed by atoms with E-state index in [1.165, 1.54) is 6.20 Å².